The van der Waals surface area contributed by atoms with E-state index in [0.29, 0.717) is 13.1 Å². The Kier molecular flexibility index (Phi) is 4.55. The number of aromatic hydroxyl groups is 1. The fourth-order valence-corrected chi connectivity index (χ4v) is 1.63. The molecule has 0 saturated heterocycles. The SMILES string of the molecule is CN(CCO)C(CN)c1ccccc1O. The lowest BCUT2D eigenvalue weighted by molar-refractivity contribution is 0.181. The summed E-state index contributed by atoms with van der Waals surface area (Å²) in [5.74, 6) is 0.248. The standard InChI is InChI=1S/C11H18N2O2/c1-13(6-7-14)10(8-12)9-4-2-3-5-11(9)15/h2-5,10,14-15H,6-8,12H2,1H3. The van der Waals surface area contributed by atoms with E-state index in [0.717, 1.165) is 5.56 Å². The number of phenolic OH excluding ortho intramolecular Hbond substituents is 1. The highest BCUT2D eigenvalue weighted by atomic mass is 16.3. The van der Waals surface area contributed by atoms with Gasteiger partial charge in [0, 0.05) is 18.7 Å². The monoisotopic (exact) mass is 210 g/mol. The van der Waals surface area contributed by atoms with Gasteiger partial charge in [0.1, 0.15) is 5.75 Å². The highest BCUT2D eigenvalue weighted by Gasteiger charge is 2.17. The van der Waals surface area contributed by atoms with Crippen LogP contribution in [-0.2, 0) is 0 Å². The lowest BCUT2D eigenvalue weighted by atomic mass is 10.0. The first-order valence-electron chi connectivity index (χ1n) is 4.99. The zero-order chi connectivity index (χ0) is 11.3. The van der Waals surface area contributed by atoms with Gasteiger partial charge in [0.2, 0.25) is 0 Å². The average Bonchev–Trinajstić information content (AvgIpc) is 2.22. The highest BCUT2D eigenvalue weighted by Crippen LogP contribution is 2.26. The highest BCUT2D eigenvalue weighted by molar-refractivity contribution is 5.34. The first-order chi connectivity index (χ1) is 7.20. The van der Waals surface area contributed by atoms with Crippen molar-refractivity contribution < 1.29 is 10.2 Å². The molecule has 0 fully saturated rings. The number of likely N-dealkylation sites (N-methyl/N-ethyl adjacent to an activating group) is 1. The number of rotatable bonds is 5. The summed E-state index contributed by atoms with van der Waals surface area (Å²) in [6.07, 6.45) is 0. The number of aliphatic hydroxyl groups is 1. The molecule has 1 rings (SSSR count). The lowest BCUT2D eigenvalue weighted by Crippen LogP contribution is -2.32. The summed E-state index contributed by atoms with van der Waals surface area (Å²) in [7, 11) is 1.88. The molecular weight excluding hydrogens is 192 g/mol. The van der Waals surface area contributed by atoms with Gasteiger partial charge in [-0.15, -0.1) is 0 Å². The van der Waals surface area contributed by atoms with Crippen LogP contribution in [0.3, 0.4) is 0 Å². The van der Waals surface area contributed by atoms with E-state index in [4.69, 9.17) is 10.8 Å². The molecule has 0 radical (unpaired) electrons. The summed E-state index contributed by atoms with van der Waals surface area (Å²) in [5.41, 5.74) is 6.47. The van der Waals surface area contributed by atoms with Gasteiger partial charge in [-0.25, -0.2) is 0 Å². The average molecular weight is 210 g/mol. The van der Waals surface area contributed by atoms with Crippen molar-refractivity contribution in [3.05, 3.63) is 29.8 Å². The van der Waals surface area contributed by atoms with Crippen LogP contribution in [0.15, 0.2) is 24.3 Å². The molecule has 0 bridgehead atoms. The van der Waals surface area contributed by atoms with Crippen molar-refractivity contribution in [2.45, 2.75) is 6.04 Å². The van der Waals surface area contributed by atoms with Crippen molar-refractivity contribution in [3.8, 4) is 5.75 Å². The molecule has 0 aliphatic rings. The number of nitrogens with zero attached hydrogens (tertiary/aromatic N) is 1. The maximum atomic E-state index is 9.68. The van der Waals surface area contributed by atoms with Crippen LogP contribution in [0.1, 0.15) is 11.6 Å². The Balaban J connectivity index is 2.87. The molecule has 0 aliphatic heterocycles. The van der Waals surface area contributed by atoms with Crippen LogP contribution in [0, 0.1) is 0 Å². The van der Waals surface area contributed by atoms with E-state index in [1.165, 1.54) is 0 Å². The molecule has 1 atom stereocenters. The molecule has 1 aromatic carbocycles. The van der Waals surface area contributed by atoms with Gasteiger partial charge >= 0.3 is 0 Å². The molecule has 1 unspecified atom stereocenters. The van der Waals surface area contributed by atoms with Gasteiger partial charge in [0.15, 0.2) is 0 Å². The predicted octanol–water partition coefficient (Wildman–Crippen LogP) is 0.316. The summed E-state index contributed by atoms with van der Waals surface area (Å²) in [4.78, 5) is 1.93. The van der Waals surface area contributed by atoms with Gasteiger partial charge in [-0.2, -0.15) is 0 Å². The first-order valence-corrected chi connectivity index (χ1v) is 4.99. The quantitative estimate of drug-likeness (QED) is 0.654. The van der Waals surface area contributed by atoms with Crippen LogP contribution in [0.5, 0.6) is 5.75 Å². The number of aliphatic hydroxyl groups excluding tert-OH is 1. The fourth-order valence-electron chi connectivity index (χ4n) is 1.63. The van der Waals surface area contributed by atoms with Crippen molar-refractivity contribution >= 4 is 0 Å². The van der Waals surface area contributed by atoms with Crippen LogP contribution in [0.25, 0.3) is 0 Å². The van der Waals surface area contributed by atoms with Crippen molar-refractivity contribution in [2.75, 3.05) is 26.7 Å². The van der Waals surface area contributed by atoms with Gasteiger partial charge in [-0.3, -0.25) is 4.90 Å². The third-order valence-electron chi connectivity index (χ3n) is 2.50. The van der Waals surface area contributed by atoms with Crippen molar-refractivity contribution in [1.82, 2.24) is 4.90 Å². The van der Waals surface area contributed by atoms with Gasteiger partial charge < -0.3 is 15.9 Å². The molecule has 84 valence electrons. The van der Waals surface area contributed by atoms with E-state index < -0.39 is 0 Å². The van der Waals surface area contributed by atoms with Crippen LogP contribution in [0.2, 0.25) is 0 Å². The second-order valence-corrected chi connectivity index (χ2v) is 3.51. The smallest absolute Gasteiger partial charge is 0.120 e. The molecule has 4 nitrogen and oxygen atoms in total. The Morgan fingerprint density at radius 1 is 1.40 bits per heavy atom. The second-order valence-electron chi connectivity index (χ2n) is 3.51. The lowest BCUT2D eigenvalue weighted by Gasteiger charge is -2.27. The second kappa shape index (κ2) is 5.70. The van der Waals surface area contributed by atoms with E-state index in [9.17, 15) is 5.11 Å². The Bertz CT molecular complexity index is 304. The Labute approximate surface area is 89.9 Å². The number of hydrogen-bond acceptors (Lipinski definition) is 4. The van der Waals surface area contributed by atoms with Gasteiger partial charge in [-0.1, -0.05) is 18.2 Å². The maximum absolute atomic E-state index is 9.68. The molecule has 0 aromatic heterocycles. The Morgan fingerprint density at radius 2 is 2.07 bits per heavy atom. The predicted molar refractivity (Wildman–Crippen MR) is 59.6 cm³/mol. The van der Waals surface area contributed by atoms with E-state index in [1.54, 1.807) is 12.1 Å². The largest absolute Gasteiger partial charge is 0.508 e. The van der Waals surface area contributed by atoms with Crippen molar-refractivity contribution in [3.63, 3.8) is 0 Å². The summed E-state index contributed by atoms with van der Waals surface area (Å²) >= 11 is 0. The van der Waals surface area contributed by atoms with Crippen LogP contribution >= 0.6 is 0 Å². The van der Waals surface area contributed by atoms with Gasteiger partial charge in [0.05, 0.1) is 12.6 Å². The third-order valence-corrected chi connectivity index (χ3v) is 2.50. The van der Waals surface area contributed by atoms with Crippen LogP contribution in [0.4, 0.5) is 0 Å². The fraction of sp³-hybridized carbons (Fsp3) is 0.455. The normalized spacial score (nSPS) is 13.1. The zero-order valence-corrected chi connectivity index (χ0v) is 8.93. The summed E-state index contributed by atoms with van der Waals surface area (Å²) in [6, 6.07) is 7.08. The van der Waals surface area contributed by atoms with Gasteiger partial charge in [0.25, 0.3) is 0 Å². The topological polar surface area (TPSA) is 69.7 Å². The van der Waals surface area contributed by atoms with Crippen molar-refractivity contribution in [1.29, 1.82) is 0 Å². The molecule has 15 heavy (non-hydrogen) atoms. The molecule has 4 heteroatoms. The molecule has 4 N–H and O–H groups in total. The van der Waals surface area contributed by atoms with Crippen LogP contribution in [-0.4, -0.2) is 41.9 Å². The van der Waals surface area contributed by atoms with E-state index in [-0.39, 0.29) is 18.4 Å². The molecular formula is C11H18N2O2. The maximum Gasteiger partial charge on any atom is 0.120 e. The Hall–Kier alpha value is -1.10. The summed E-state index contributed by atoms with van der Waals surface area (Å²) in [6.45, 7) is 1.03. The van der Waals surface area contributed by atoms with E-state index in [2.05, 4.69) is 0 Å². The minimum Gasteiger partial charge on any atom is -0.508 e. The number of hydrogen-bond donors (Lipinski definition) is 3. The minimum atomic E-state index is -0.0571. The molecule has 0 aliphatic carbocycles. The Morgan fingerprint density at radius 3 is 2.60 bits per heavy atom. The van der Waals surface area contributed by atoms with Crippen LogP contribution < -0.4 is 5.73 Å². The summed E-state index contributed by atoms with van der Waals surface area (Å²) < 4.78 is 0. The minimum absolute atomic E-state index is 0.0571. The number of nitrogens with two attached hydrogens (primary N) is 1. The van der Waals surface area contributed by atoms with E-state index in [1.807, 2.05) is 24.1 Å². The zero-order valence-electron chi connectivity index (χ0n) is 8.93. The van der Waals surface area contributed by atoms with E-state index >= 15 is 0 Å². The van der Waals surface area contributed by atoms with Crippen molar-refractivity contribution in [2.24, 2.45) is 5.73 Å². The molecule has 0 spiro atoms. The molecule has 0 saturated carbocycles. The number of benzene rings is 1. The number of phenols is 1. The van der Waals surface area contributed by atoms with Gasteiger partial charge in [-0.05, 0) is 13.1 Å². The third kappa shape index (κ3) is 2.92. The first kappa shape index (κ1) is 12.0. The molecule has 1 aromatic rings. The summed E-state index contributed by atoms with van der Waals surface area (Å²) in [5, 5.41) is 18.5. The molecule has 0 heterocycles. The number of para-hydroxylation sites is 1. The molecule has 0 amide bonds.